The smallest absolute Gasteiger partial charge is 0.322 e. The number of aryl methyl sites for hydroxylation is 1. The lowest BCUT2D eigenvalue weighted by molar-refractivity contribution is 0.0962. The van der Waals surface area contributed by atoms with E-state index in [1.807, 2.05) is 6.92 Å². The van der Waals surface area contributed by atoms with Gasteiger partial charge in [-0.2, -0.15) is 0 Å². The van der Waals surface area contributed by atoms with Gasteiger partial charge in [-0.05, 0) is 67.8 Å². The first-order valence-corrected chi connectivity index (χ1v) is 11.2. The molecule has 4 rings (SSSR count). The highest BCUT2D eigenvalue weighted by atomic mass is 32.2. The van der Waals surface area contributed by atoms with E-state index >= 15 is 0 Å². The first kappa shape index (κ1) is 20.2. The zero-order valence-corrected chi connectivity index (χ0v) is 17.3. The minimum atomic E-state index is -3.51. The van der Waals surface area contributed by atoms with Crippen LogP contribution in [0.5, 0.6) is 0 Å². The van der Waals surface area contributed by atoms with Crippen molar-refractivity contribution in [2.24, 2.45) is 0 Å². The summed E-state index contributed by atoms with van der Waals surface area (Å²) in [6.07, 6.45) is 1.74. The Labute approximate surface area is 174 Å². The molecule has 1 aliphatic heterocycles. The van der Waals surface area contributed by atoms with Crippen LogP contribution in [0.3, 0.4) is 0 Å². The van der Waals surface area contributed by atoms with Crippen LogP contribution >= 0.6 is 0 Å². The van der Waals surface area contributed by atoms with Crippen LogP contribution in [0.25, 0.3) is 0 Å². The van der Waals surface area contributed by atoms with Gasteiger partial charge >= 0.3 is 6.03 Å². The average molecular weight is 430 g/mol. The van der Waals surface area contributed by atoms with Crippen LogP contribution < -0.4 is 25.8 Å². The quantitative estimate of drug-likeness (QED) is 0.500. The van der Waals surface area contributed by atoms with Crippen LogP contribution in [-0.4, -0.2) is 39.5 Å². The third-order valence-corrected chi connectivity index (χ3v) is 6.53. The molecule has 0 radical (unpaired) electrons. The molecule has 3 amide bonds. The van der Waals surface area contributed by atoms with Gasteiger partial charge in [-0.1, -0.05) is 0 Å². The molecular formula is C20H23N5O4S. The van der Waals surface area contributed by atoms with Crippen molar-refractivity contribution >= 4 is 33.3 Å². The molecule has 4 N–H and O–H groups in total. The second-order valence-corrected chi connectivity index (χ2v) is 9.10. The van der Waals surface area contributed by atoms with Gasteiger partial charge in [0, 0.05) is 30.4 Å². The molecule has 2 aromatic carbocycles. The third kappa shape index (κ3) is 4.39. The van der Waals surface area contributed by atoms with Gasteiger partial charge in [-0.25, -0.2) is 17.9 Å². The summed E-state index contributed by atoms with van der Waals surface area (Å²) in [5.41, 5.74) is 7.95. The lowest BCUT2D eigenvalue weighted by Gasteiger charge is -2.17. The van der Waals surface area contributed by atoms with E-state index in [0.29, 0.717) is 24.3 Å². The van der Waals surface area contributed by atoms with E-state index in [9.17, 15) is 18.0 Å². The lowest BCUT2D eigenvalue weighted by atomic mass is 10.1. The first-order valence-electron chi connectivity index (χ1n) is 9.68. The monoisotopic (exact) mass is 429 g/mol. The third-order valence-electron chi connectivity index (χ3n) is 4.99. The predicted octanol–water partition coefficient (Wildman–Crippen LogP) is 1.72. The molecule has 10 heteroatoms. The predicted molar refractivity (Wildman–Crippen MR) is 113 cm³/mol. The molecule has 0 spiro atoms. The van der Waals surface area contributed by atoms with E-state index in [2.05, 4.69) is 20.9 Å². The molecule has 1 aliphatic carbocycles. The number of anilines is 2. The topological polar surface area (TPSA) is 120 Å². The summed E-state index contributed by atoms with van der Waals surface area (Å²) in [5, 5.41) is 2.75. The molecule has 30 heavy (non-hydrogen) atoms. The average Bonchev–Trinajstić information content (AvgIpc) is 3.43. The highest BCUT2D eigenvalue weighted by Crippen LogP contribution is 2.24. The maximum atomic E-state index is 12.4. The molecule has 0 aromatic heterocycles. The SMILES string of the molecule is Cc1cc(C(=O)NNc2ccc(S(=O)(=O)NC3CC3)cc2)ccc1N1CCNC1=O. The maximum absolute atomic E-state index is 12.4. The number of carbonyl (C=O) groups excluding carboxylic acids is 2. The van der Waals surface area contributed by atoms with E-state index in [4.69, 9.17) is 0 Å². The molecule has 1 heterocycles. The van der Waals surface area contributed by atoms with Gasteiger partial charge < -0.3 is 5.32 Å². The number of nitrogens with one attached hydrogen (secondary N) is 4. The van der Waals surface area contributed by atoms with Gasteiger partial charge in [0.05, 0.1) is 10.6 Å². The van der Waals surface area contributed by atoms with E-state index in [1.54, 1.807) is 35.2 Å². The van der Waals surface area contributed by atoms with Gasteiger partial charge in [0.15, 0.2) is 0 Å². The molecule has 0 atom stereocenters. The number of hydrazine groups is 1. The molecule has 158 valence electrons. The summed E-state index contributed by atoms with van der Waals surface area (Å²) in [6, 6.07) is 11.2. The highest BCUT2D eigenvalue weighted by molar-refractivity contribution is 7.89. The molecular weight excluding hydrogens is 406 g/mol. The number of benzene rings is 2. The fourth-order valence-electron chi connectivity index (χ4n) is 3.21. The van der Waals surface area contributed by atoms with E-state index < -0.39 is 10.0 Å². The van der Waals surface area contributed by atoms with Crippen molar-refractivity contribution < 1.29 is 18.0 Å². The largest absolute Gasteiger partial charge is 0.336 e. The number of hydrogen-bond acceptors (Lipinski definition) is 5. The Morgan fingerprint density at radius 3 is 2.47 bits per heavy atom. The number of carbonyl (C=O) groups is 2. The van der Waals surface area contributed by atoms with Crippen molar-refractivity contribution in [3.05, 3.63) is 53.6 Å². The number of sulfonamides is 1. The van der Waals surface area contributed by atoms with Gasteiger partial charge in [-0.15, -0.1) is 0 Å². The number of rotatable bonds is 7. The Morgan fingerprint density at radius 1 is 1.13 bits per heavy atom. The summed E-state index contributed by atoms with van der Waals surface area (Å²) in [6.45, 7) is 3.04. The van der Waals surface area contributed by atoms with Crippen LogP contribution in [-0.2, 0) is 10.0 Å². The number of urea groups is 1. The maximum Gasteiger partial charge on any atom is 0.322 e. The molecule has 2 aromatic rings. The van der Waals surface area contributed by atoms with E-state index in [-0.39, 0.29) is 22.9 Å². The van der Waals surface area contributed by atoms with Gasteiger partial charge in [-0.3, -0.25) is 20.5 Å². The number of nitrogens with zero attached hydrogens (tertiary/aromatic N) is 1. The van der Waals surface area contributed by atoms with Crippen LogP contribution in [0, 0.1) is 6.92 Å². The highest BCUT2D eigenvalue weighted by Gasteiger charge is 2.28. The lowest BCUT2D eigenvalue weighted by Crippen LogP contribution is -2.30. The van der Waals surface area contributed by atoms with E-state index in [0.717, 1.165) is 24.1 Å². The second kappa shape index (κ2) is 7.96. The fraction of sp³-hybridized carbons (Fsp3) is 0.300. The summed E-state index contributed by atoms with van der Waals surface area (Å²) >= 11 is 0. The zero-order valence-electron chi connectivity index (χ0n) is 16.4. The van der Waals surface area contributed by atoms with Crippen molar-refractivity contribution in [3.63, 3.8) is 0 Å². The Balaban J connectivity index is 1.37. The molecule has 2 aliphatic rings. The molecule has 1 saturated heterocycles. The van der Waals surface area contributed by atoms with Gasteiger partial charge in [0.25, 0.3) is 5.91 Å². The summed E-state index contributed by atoms with van der Waals surface area (Å²) in [5.74, 6) is -0.345. The molecule has 2 fully saturated rings. The molecule has 0 unspecified atom stereocenters. The van der Waals surface area contributed by atoms with Gasteiger partial charge in [0.1, 0.15) is 0 Å². The minimum absolute atomic E-state index is 0.0433. The Bertz CT molecular complexity index is 1080. The molecule has 0 bridgehead atoms. The van der Waals surface area contributed by atoms with Crippen molar-refractivity contribution in [1.82, 2.24) is 15.5 Å². The number of amides is 3. The fourth-order valence-corrected chi connectivity index (χ4v) is 4.51. The van der Waals surface area contributed by atoms with Crippen molar-refractivity contribution in [1.29, 1.82) is 0 Å². The van der Waals surface area contributed by atoms with Crippen molar-refractivity contribution in [3.8, 4) is 0 Å². The van der Waals surface area contributed by atoms with Crippen LogP contribution in [0.1, 0.15) is 28.8 Å². The van der Waals surface area contributed by atoms with Gasteiger partial charge in [0.2, 0.25) is 10.0 Å². The first-order chi connectivity index (χ1) is 14.3. The standard InChI is InChI=1S/C20H23N5O4S/c1-13-12-14(2-9-18(13)25-11-10-21-20(25)27)19(26)23-22-15-5-7-17(8-6-15)30(28,29)24-16-3-4-16/h2,5-9,12,16,22,24H,3-4,10-11H2,1H3,(H,21,27)(H,23,26). The zero-order chi connectivity index (χ0) is 21.3. The Kier molecular flexibility index (Phi) is 5.35. The van der Waals surface area contributed by atoms with Crippen LogP contribution in [0.15, 0.2) is 47.4 Å². The molecule has 1 saturated carbocycles. The minimum Gasteiger partial charge on any atom is -0.336 e. The Hall–Kier alpha value is -3.11. The van der Waals surface area contributed by atoms with Crippen LogP contribution in [0.2, 0.25) is 0 Å². The Morgan fingerprint density at radius 2 is 1.87 bits per heavy atom. The summed E-state index contributed by atoms with van der Waals surface area (Å²) in [4.78, 5) is 26.1. The number of hydrogen-bond donors (Lipinski definition) is 4. The second-order valence-electron chi connectivity index (χ2n) is 7.38. The van der Waals surface area contributed by atoms with Crippen LogP contribution in [0.4, 0.5) is 16.2 Å². The summed E-state index contributed by atoms with van der Waals surface area (Å²) in [7, 11) is -3.51. The molecule has 9 nitrogen and oxygen atoms in total. The van der Waals surface area contributed by atoms with Crippen molar-refractivity contribution in [2.75, 3.05) is 23.4 Å². The summed E-state index contributed by atoms with van der Waals surface area (Å²) < 4.78 is 27.0. The van der Waals surface area contributed by atoms with Crippen molar-refractivity contribution in [2.45, 2.75) is 30.7 Å². The normalized spacial score (nSPS) is 16.3. The van der Waals surface area contributed by atoms with E-state index in [1.165, 1.54) is 12.1 Å².